The van der Waals surface area contributed by atoms with Gasteiger partial charge < -0.3 is 14.4 Å². The van der Waals surface area contributed by atoms with Gasteiger partial charge in [0.05, 0.1) is 30.2 Å². The summed E-state index contributed by atoms with van der Waals surface area (Å²) in [6.45, 7) is 3.14. The van der Waals surface area contributed by atoms with E-state index in [0.717, 1.165) is 68.7 Å². The monoisotopic (exact) mass is 380 g/mol. The quantitative estimate of drug-likeness (QED) is 0.688. The average molecular weight is 380 g/mol. The number of hydrogen-bond acceptors (Lipinski definition) is 7. The van der Waals surface area contributed by atoms with Gasteiger partial charge in [-0.1, -0.05) is 0 Å². The van der Waals surface area contributed by atoms with Crippen LogP contribution in [0.4, 0.5) is 5.82 Å². The molecule has 0 N–H and O–H groups in total. The number of rotatable bonds is 4. The summed E-state index contributed by atoms with van der Waals surface area (Å²) < 4.78 is 13.8. The van der Waals surface area contributed by atoms with E-state index in [1.807, 2.05) is 23.0 Å². The first-order chi connectivity index (χ1) is 13.9. The molecule has 8 nitrogen and oxygen atoms in total. The highest BCUT2D eigenvalue weighted by atomic mass is 16.5. The molecule has 3 aromatic rings. The van der Waals surface area contributed by atoms with E-state index < -0.39 is 0 Å². The van der Waals surface area contributed by atoms with Crippen LogP contribution >= 0.6 is 0 Å². The summed E-state index contributed by atoms with van der Waals surface area (Å²) in [5, 5.41) is 5.25. The van der Waals surface area contributed by atoms with Crippen molar-refractivity contribution < 1.29 is 9.47 Å². The third-order valence-corrected chi connectivity index (χ3v) is 5.62. The Morgan fingerprint density at radius 3 is 2.75 bits per heavy atom. The molecular formula is C20H24N6O2. The molecule has 0 atom stereocenters. The van der Waals surface area contributed by atoms with E-state index in [2.05, 4.69) is 26.0 Å². The van der Waals surface area contributed by atoms with Crippen LogP contribution in [0, 0.1) is 0 Å². The lowest BCUT2D eigenvalue weighted by molar-refractivity contribution is 0.120. The fourth-order valence-corrected chi connectivity index (χ4v) is 4.07. The molecule has 5 rings (SSSR count). The summed E-state index contributed by atoms with van der Waals surface area (Å²) in [5.74, 6) is 1.61. The van der Waals surface area contributed by atoms with Crippen molar-refractivity contribution >= 4 is 16.7 Å². The van der Waals surface area contributed by atoms with Crippen molar-refractivity contribution in [1.29, 1.82) is 0 Å². The maximum absolute atomic E-state index is 6.41. The van der Waals surface area contributed by atoms with Crippen molar-refractivity contribution in [1.82, 2.24) is 24.7 Å². The van der Waals surface area contributed by atoms with Crippen LogP contribution in [0.3, 0.4) is 0 Å². The Morgan fingerprint density at radius 1 is 1.11 bits per heavy atom. The predicted molar refractivity (Wildman–Crippen MR) is 105 cm³/mol. The molecule has 4 heterocycles. The molecule has 0 spiro atoms. The molecule has 1 saturated heterocycles. The molecule has 0 unspecified atom stereocenters. The average Bonchev–Trinajstić information content (AvgIpc) is 3.30. The van der Waals surface area contributed by atoms with Crippen LogP contribution in [0.25, 0.3) is 10.9 Å². The number of aromatic nitrogens is 5. The van der Waals surface area contributed by atoms with Gasteiger partial charge in [-0.25, -0.2) is 9.67 Å². The first-order valence-electron chi connectivity index (χ1n) is 9.96. The van der Waals surface area contributed by atoms with E-state index in [1.54, 1.807) is 12.7 Å². The Labute approximate surface area is 163 Å². The van der Waals surface area contributed by atoms with Gasteiger partial charge in [0.1, 0.15) is 24.6 Å². The molecule has 0 radical (unpaired) electrons. The number of morpholine rings is 1. The van der Waals surface area contributed by atoms with Crippen molar-refractivity contribution in [2.24, 2.45) is 0 Å². The Hall–Kier alpha value is -2.74. The number of anilines is 1. The fraction of sp³-hybridized carbons (Fsp3) is 0.500. The summed E-state index contributed by atoms with van der Waals surface area (Å²) in [4.78, 5) is 15.7. The summed E-state index contributed by atoms with van der Waals surface area (Å²) in [6.07, 6.45) is 9.42. The standard InChI is InChI=1S/C20H24N6O2/c1-2-17-18(22-7-1)12-19(25-8-10-27-11-9-25)24-20(17)28-16-5-3-15(4-6-16)26-14-21-13-23-26/h1-2,7,12-16H,3-6,8-11H2. The van der Waals surface area contributed by atoms with Gasteiger partial charge in [0, 0.05) is 25.4 Å². The molecule has 1 aliphatic carbocycles. The SMILES string of the molecule is c1cnc2cc(N3CCOCC3)nc(OC3CCC(n4cncn4)CC3)c2c1. The van der Waals surface area contributed by atoms with Crippen molar-refractivity contribution in [2.75, 3.05) is 31.2 Å². The highest BCUT2D eigenvalue weighted by molar-refractivity contribution is 5.85. The van der Waals surface area contributed by atoms with Gasteiger partial charge in [-0.2, -0.15) is 10.1 Å². The predicted octanol–water partition coefficient (Wildman–Crippen LogP) is 2.62. The third-order valence-electron chi connectivity index (χ3n) is 5.62. The zero-order valence-electron chi connectivity index (χ0n) is 15.8. The molecule has 2 fully saturated rings. The topological polar surface area (TPSA) is 78.2 Å². The summed E-state index contributed by atoms with van der Waals surface area (Å²) in [6, 6.07) is 6.44. The highest BCUT2D eigenvalue weighted by Gasteiger charge is 2.25. The molecule has 0 amide bonds. The van der Waals surface area contributed by atoms with Crippen LogP contribution in [0.1, 0.15) is 31.7 Å². The maximum Gasteiger partial charge on any atom is 0.225 e. The zero-order chi connectivity index (χ0) is 18.8. The number of pyridine rings is 2. The van der Waals surface area contributed by atoms with Gasteiger partial charge in [0.25, 0.3) is 0 Å². The first kappa shape index (κ1) is 17.4. The molecule has 1 saturated carbocycles. The van der Waals surface area contributed by atoms with Crippen LogP contribution in [0.15, 0.2) is 37.1 Å². The second-order valence-electron chi connectivity index (χ2n) is 7.38. The van der Waals surface area contributed by atoms with Gasteiger partial charge in [0.2, 0.25) is 5.88 Å². The fourth-order valence-electron chi connectivity index (χ4n) is 4.07. The number of fused-ring (bicyclic) bond motifs is 1. The first-order valence-corrected chi connectivity index (χ1v) is 9.96. The summed E-state index contributed by atoms with van der Waals surface area (Å²) in [7, 11) is 0. The summed E-state index contributed by atoms with van der Waals surface area (Å²) >= 11 is 0. The van der Waals surface area contributed by atoms with E-state index in [1.165, 1.54) is 0 Å². The molecule has 2 aliphatic rings. The minimum atomic E-state index is 0.163. The third kappa shape index (κ3) is 3.52. The molecule has 146 valence electrons. The van der Waals surface area contributed by atoms with Crippen molar-refractivity contribution in [3.8, 4) is 5.88 Å². The normalized spacial score (nSPS) is 23.1. The number of hydrogen-bond donors (Lipinski definition) is 0. The zero-order valence-corrected chi connectivity index (χ0v) is 15.8. The van der Waals surface area contributed by atoms with Crippen LogP contribution in [-0.4, -0.2) is 57.1 Å². The molecule has 0 bridgehead atoms. The van der Waals surface area contributed by atoms with E-state index in [9.17, 15) is 0 Å². The van der Waals surface area contributed by atoms with Crippen LogP contribution in [0.2, 0.25) is 0 Å². The second-order valence-corrected chi connectivity index (χ2v) is 7.38. The van der Waals surface area contributed by atoms with Gasteiger partial charge in [-0.3, -0.25) is 4.98 Å². The lowest BCUT2D eigenvalue weighted by Crippen LogP contribution is -2.36. The highest BCUT2D eigenvalue weighted by Crippen LogP contribution is 2.33. The van der Waals surface area contributed by atoms with E-state index in [4.69, 9.17) is 14.5 Å². The largest absolute Gasteiger partial charge is 0.474 e. The number of ether oxygens (including phenoxy) is 2. The number of nitrogens with zero attached hydrogens (tertiary/aromatic N) is 6. The second kappa shape index (κ2) is 7.71. The van der Waals surface area contributed by atoms with Crippen LogP contribution < -0.4 is 9.64 Å². The Kier molecular flexibility index (Phi) is 4.78. The van der Waals surface area contributed by atoms with E-state index in [-0.39, 0.29) is 6.10 Å². The minimum Gasteiger partial charge on any atom is -0.474 e. The van der Waals surface area contributed by atoms with Crippen molar-refractivity contribution in [3.05, 3.63) is 37.1 Å². The van der Waals surface area contributed by atoms with Crippen LogP contribution in [-0.2, 0) is 4.74 Å². The lowest BCUT2D eigenvalue weighted by Gasteiger charge is -2.30. The van der Waals surface area contributed by atoms with E-state index in [0.29, 0.717) is 11.9 Å². The minimum absolute atomic E-state index is 0.163. The molecule has 3 aromatic heterocycles. The van der Waals surface area contributed by atoms with Gasteiger partial charge in [-0.05, 0) is 37.8 Å². The van der Waals surface area contributed by atoms with Gasteiger partial charge in [-0.15, -0.1) is 0 Å². The Balaban J connectivity index is 1.36. The van der Waals surface area contributed by atoms with Crippen molar-refractivity contribution in [3.63, 3.8) is 0 Å². The lowest BCUT2D eigenvalue weighted by atomic mass is 9.93. The Bertz CT molecular complexity index is 918. The van der Waals surface area contributed by atoms with E-state index >= 15 is 0 Å². The molecule has 0 aromatic carbocycles. The summed E-state index contributed by atoms with van der Waals surface area (Å²) in [5.41, 5.74) is 0.922. The molecular weight excluding hydrogens is 356 g/mol. The van der Waals surface area contributed by atoms with Crippen LogP contribution in [0.5, 0.6) is 5.88 Å². The Morgan fingerprint density at radius 2 is 1.96 bits per heavy atom. The molecule has 1 aliphatic heterocycles. The van der Waals surface area contributed by atoms with Gasteiger partial charge in [0.15, 0.2) is 0 Å². The van der Waals surface area contributed by atoms with Gasteiger partial charge >= 0.3 is 0 Å². The maximum atomic E-state index is 6.41. The van der Waals surface area contributed by atoms with Crippen molar-refractivity contribution in [2.45, 2.75) is 37.8 Å². The molecule has 8 heteroatoms. The smallest absolute Gasteiger partial charge is 0.225 e. The molecule has 28 heavy (non-hydrogen) atoms.